The summed E-state index contributed by atoms with van der Waals surface area (Å²) in [5.41, 5.74) is 0.372. The minimum atomic E-state index is -0.737. The summed E-state index contributed by atoms with van der Waals surface area (Å²) < 4.78 is 10.6. The van der Waals surface area contributed by atoms with Gasteiger partial charge in [-0.05, 0) is 55.8 Å². The van der Waals surface area contributed by atoms with Crippen LogP contribution in [-0.4, -0.2) is 61.8 Å². The Balaban J connectivity index is 1.63. The van der Waals surface area contributed by atoms with E-state index >= 15 is 0 Å². The van der Waals surface area contributed by atoms with Gasteiger partial charge in [0.1, 0.15) is 5.54 Å². The molecule has 7 heteroatoms. The summed E-state index contributed by atoms with van der Waals surface area (Å²) >= 11 is 0. The van der Waals surface area contributed by atoms with Gasteiger partial charge in [-0.25, -0.2) is 9.69 Å². The van der Waals surface area contributed by atoms with Crippen LogP contribution in [0.4, 0.5) is 4.79 Å². The summed E-state index contributed by atoms with van der Waals surface area (Å²) in [4.78, 5) is 29.3. The van der Waals surface area contributed by atoms with Crippen LogP contribution in [0.15, 0.2) is 18.2 Å². The lowest BCUT2D eigenvalue weighted by molar-refractivity contribution is -0.137. The van der Waals surface area contributed by atoms with E-state index in [-0.39, 0.29) is 23.8 Å². The molecule has 0 aromatic heterocycles. The molecule has 1 aromatic carbocycles. The Morgan fingerprint density at radius 1 is 1.14 bits per heavy atom. The van der Waals surface area contributed by atoms with E-state index in [1.807, 2.05) is 30.1 Å². The van der Waals surface area contributed by atoms with Gasteiger partial charge in [0.25, 0.3) is 5.91 Å². The number of imide groups is 1. The van der Waals surface area contributed by atoms with Crippen molar-refractivity contribution >= 4 is 11.9 Å². The zero-order chi connectivity index (χ0) is 21.2. The molecule has 1 aliphatic heterocycles. The number of ether oxygens (including phenoxy) is 2. The molecule has 1 spiro atoms. The molecule has 3 rings (SSSR count). The highest BCUT2D eigenvalue weighted by Gasteiger charge is 2.58. The fraction of sp³-hybridized carbons (Fsp3) is 0.636. The van der Waals surface area contributed by atoms with Crippen LogP contribution in [0, 0.1) is 11.8 Å². The van der Waals surface area contributed by atoms with Crippen molar-refractivity contribution in [3.8, 4) is 11.5 Å². The highest BCUT2D eigenvalue weighted by molar-refractivity contribution is 6.07. The standard InChI is InChI=1S/C22H33N3O4/c1-15-7-6-8-16(2)22(15)20(26)25(21(27)23-22)14-24(3)12-11-17-9-10-18(28-4)19(13-17)29-5/h9-10,13,15-16H,6-8,11-12,14H2,1-5H3,(H,23,27)/t15-,16-/m0/s1. The molecule has 1 saturated heterocycles. The molecule has 3 amide bonds. The second-order valence-electron chi connectivity index (χ2n) is 8.43. The molecule has 1 aliphatic carbocycles. The molecule has 1 saturated carbocycles. The molecule has 0 radical (unpaired) electrons. The maximum atomic E-state index is 13.3. The smallest absolute Gasteiger partial charge is 0.326 e. The number of likely N-dealkylation sites (N-methyl/N-ethyl adjacent to an activating group) is 1. The van der Waals surface area contributed by atoms with Crippen molar-refractivity contribution in [2.45, 2.75) is 45.1 Å². The molecule has 7 nitrogen and oxygen atoms in total. The van der Waals surface area contributed by atoms with Crippen molar-refractivity contribution in [3.63, 3.8) is 0 Å². The predicted molar refractivity (Wildman–Crippen MR) is 111 cm³/mol. The van der Waals surface area contributed by atoms with Crippen LogP contribution in [0.5, 0.6) is 11.5 Å². The lowest BCUT2D eigenvalue weighted by atomic mass is 9.67. The highest BCUT2D eigenvalue weighted by Crippen LogP contribution is 2.42. The number of methoxy groups -OCH3 is 2. The second kappa shape index (κ2) is 8.61. The highest BCUT2D eigenvalue weighted by atomic mass is 16.5. The Kier molecular flexibility index (Phi) is 6.36. The van der Waals surface area contributed by atoms with E-state index in [1.54, 1.807) is 14.2 Å². The summed E-state index contributed by atoms with van der Waals surface area (Å²) in [6, 6.07) is 5.58. The summed E-state index contributed by atoms with van der Waals surface area (Å²) in [5, 5.41) is 3.06. The van der Waals surface area contributed by atoms with E-state index in [2.05, 4.69) is 19.2 Å². The van der Waals surface area contributed by atoms with E-state index in [4.69, 9.17) is 9.47 Å². The monoisotopic (exact) mass is 403 g/mol. The first kappa shape index (κ1) is 21.4. The number of rotatable bonds is 7. The van der Waals surface area contributed by atoms with Gasteiger partial charge in [0.2, 0.25) is 0 Å². The normalized spacial score (nSPS) is 23.6. The molecule has 2 atom stereocenters. The number of nitrogens with one attached hydrogen (secondary N) is 1. The molecule has 0 unspecified atom stereocenters. The van der Waals surface area contributed by atoms with Crippen LogP contribution in [0.1, 0.15) is 38.7 Å². The fourth-order valence-corrected chi connectivity index (χ4v) is 4.75. The van der Waals surface area contributed by atoms with Gasteiger partial charge in [-0.1, -0.05) is 26.3 Å². The minimum absolute atomic E-state index is 0.0693. The van der Waals surface area contributed by atoms with Gasteiger partial charge >= 0.3 is 6.03 Å². The molecule has 1 aromatic rings. The van der Waals surface area contributed by atoms with Crippen LogP contribution >= 0.6 is 0 Å². The van der Waals surface area contributed by atoms with Crippen LogP contribution < -0.4 is 14.8 Å². The number of hydrogen-bond donors (Lipinski definition) is 1. The molecule has 1 heterocycles. The summed E-state index contributed by atoms with van der Waals surface area (Å²) in [6.07, 6.45) is 3.83. The van der Waals surface area contributed by atoms with E-state index in [1.165, 1.54) is 4.90 Å². The van der Waals surface area contributed by atoms with Crippen LogP contribution in [0.25, 0.3) is 0 Å². The number of hydrogen-bond acceptors (Lipinski definition) is 5. The summed E-state index contributed by atoms with van der Waals surface area (Å²) in [6.45, 7) is 5.17. The number of carbonyl (C=O) groups is 2. The van der Waals surface area contributed by atoms with Gasteiger partial charge in [0.15, 0.2) is 11.5 Å². The number of carbonyl (C=O) groups excluding carboxylic acids is 2. The van der Waals surface area contributed by atoms with Crippen molar-refractivity contribution in [1.29, 1.82) is 0 Å². The zero-order valence-corrected chi connectivity index (χ0v) is 18.2. The van der Waals surface area contributed by atoms with Crippen LogP contribution in [0.3, 0.4) is 0 Å². The van der Waals surface area contributed by atoms with E-state index < -0.39 is 5.54 Å². The Labute approximate surface area is 173 Å². The quantitative estimate of drug-likeness (QED) is 0.709. The lowest BCUT2D eigenvalue weighted by Crippen LogP contribution is -2.59. The van der Waals surface area contributed by atoms with E-state index in [9.17, 15) is 9.59 Å². The van der Waals surface area contributed by atoms with Crippen LogP contribution in [-0.2, 0) is 11.2 Å². The summed E-state index contributed by atoms with van der Waals surface area (Å²) in [7, 11) is 5.17. The first-order valence-electron chi connectivity index (χ1n) is 10.4. The maximum absolute atomic E-state index is 13.3. The second-order valence-corrected chi connectivity index (χ2v) is 8.43. The third-order valence-electron chi connectivity index (χ3n) is 6.60. The van der Waals surface area contributed by atoms with Gasteiger partial charge in [-0.2, -0.15) is 0 Å². The largest absolute Gasteiger partial charge is 0.493 e. The number of amides is 3. The number of nitrogens with zero attached hydrogens (tertiary/aromatic N) is 2. The predicted octanol–water partition coefficient (Wildman–Crippen LogP) is 2.88. The third-order valence-corrected chi connectivity index (χ3v) is 6.60. The SMILES string of the molecule is COc1ccc(CCN(C)CN2C(=O)NC3(C2=O)[C@@H](C)CCC[C@@H]3C)cc1OC. The van der Waals surface area contributed by atoms with Gasteiger partial charge in [-0.15, -0.1) is 0 Å². The van der Waals surface area contributed by atoms with Crippen LogP contribution in [0.2, 0.25) is 0 Å². The zero-order valence-electron chi connectivity index (χ0n) is 18.2. The average Bonchev–Trinajstić information content (AvgIpc) is 2.96. The Morgan fingerprint density at radius 3 is 2.41 bits per heavy atom. The first-order chi connectivity index (χ1) is 13.8. The van der Waals surface area contributed by atoms with Gasteiger partial charge in [0, 0.05) is 6.54 Å². The van der Waals surface area contributed by atoms with Crippen molar-refractivity contribution in [2.75, 3.05) is 34.5 Å². The molecule has 0 bridgehead atoms. The van der Waals surface area contributed by atoms with E-state index in [0.717, 1.165) is 31.2 Å². The van der Waals surface area contributed by atoms with Crippen molar-refractivity contribution in [2.24, 2.45) is 11.8 Å². The molecule has 1 N–H and O–H groups in total. The Bertz CT molecular complexity index is 756. The fourth-order valence-electron chi connectivity index (χ4n) is 4.75. The molecule has 160 valence electrons. The molecule has 29 heavy (non-hydrogen) atoms. The topological polar surface area (TPSA) is 71.1 Å². The minimum Gasteiger partial charge on any atom is -0.493 e. The van der Waals surface area contributed by atoms with Crippen molar-refractivity contribution in [3.05, 3.63) is 23.8 Å². The van der Waals surface area contributed by atoms with Crippen molar-refractivity contribution < 1.29 is 19.1 Å². The molecular formula is C22H33N3O4. The Morgan fingerprint density at radius 2 is 1.79 bits per heavy atom. The van der Waals surface area contributed by atoms with Gasteiger partial charge < -0.3 is 14.8 Å². The van der Waals surface area contributed by atoms with Gasteiger partial charge in [0.05, 0.1) is 20.9 Å². The molecule has 2 aliphatic rings. The van der Waals surface area contributed by atoms with Crippen molar-refractivity contribution in [1.82, 2.24) is 15.1 Å². The lowest BCUT2D eigenvalue weighted by Gasteiger charge is -2.42. The molecular weight excluding hydrogens is 370 g/mol. The summed E-state index contributed by atoms with van der Waals surface area (Å²) in [5.74, 6) is 1.64. The third kappa shape index (κ3) is 3.92. The average molecular weight is 404 g/mol. The van der Waals surface area contributed by atoms with Gasteiger partial charge in [-0.3, -0.25) is 9.69 Å². The van der Waals surface area contributed by atoms with E-state index in [0.29, 0.717) is 24.7 Å². The number of urea groups is 1. The number of benzene rings is 1. The maximum Gasteiger partial charge on any atom is 0.326 e. The Hall–Kier alpha value is -2.28. The first-order valence-corrected chi connectivity index (χ1v) is 10.4. The molecule has 2 fully saturated rings.